The zero-order valence-electron chi connectivity index (χ0n) is 13.6. The first-order valence-corrected chi connectivity index (χ1v) is 8.39. The minimum absolute atomic E-state index is 0.0236. The van der Waals surface area contributed by atoms with Crippen LogP contribution in [-0.4, -0.2) is 19.1 Å². The van der Waals surface area contributed by atoms with Crippen LogP contribution in [0.15, 0.2) is 54.6 Å². The third-order valence-electron chi connectivity index (χ3n) is 4.74. The van der Waals surface area contributed by atoms with Crippen LogP contribution in [0.3, 0.4) is 0 Å². The van der Waals surface area contributed by atoms with Gasteiger partial charge in [0, 0.05) is 18.0 Å². The molecule has 1 amide bonds. The third-order valence-corrected chi connectivity index (χ3v) is 4.74. The van der Waals surface area contributed by atoms with E-state index in [9.17, 15) is 9.18 Å². The number of hydrogen-bond acceptors (Lipinski definition) is 2. The zero-order chi connectivity index (χ0) is 16.8. The highest BCUT2D eigenvalue weighted by molar-refractivity contribution is 5.77. The number of amides is 1. The highest BCUT2D eigenvalue weighted by Gasteiger charge is 2.35. The number of nitrogens with one attached hydrogen (secondary N) is 1. The van der Waals surface area contributed by atoms with Crippen molar-refractivity contribution in [2.75, 3.05) is 13.2 Å². The monoisotopic (exact) mass is 327 g/mol. The second kappa shape index (κ2) is 7.47. The van der Waals surface area contributed by atoms with Gasteiger partial charge in [0.2, 0.25) is 0 Å². The Balaban J connectivity index is 1.56. The Labute approximate surface area is 141 Å². The van der Waals surface area contributed by atoms with Crippen LogP contribution in [0.2, 0.25) is 0 Å². The lowest BCUT2D eigenvalue weighted by atomic mass is 9.79. The van der Waals surface area contributed by atoms with E-state index >= 15 is 0 Å². The maximum Gasteiger partial charge on any atom is 0.257 e. The van der Waals surface area contributed by atoms with Gasteiger partial charge in [0.15, 0.2) is 6.61 Å². The van der Waals surface area contributed by atoms with E-state index < -0.39 is 0 Å². The van der Waals surface area contributed by atoms with E-state index in [0.29, 0.717) is 12.3 Å². The number of carbonyl (C=O) groups is 1. The van der Waals surface area contributed by atoms with Crippen LogP contribution in [0.25, 0.3) is 0 Å². The molecule has 4 heteroatoms. The second-order valence-corrected chi connectivity index (χ2v) is 6.38. The van der Waals surface area contributed by atoms with Gasteiger partial charge >= 0.3 is 0 Å². The molecular weight excluding hydrogens is 305 g/mol. The van der Waals surface area contributed by atoms with Crippen molar-refractivity contribution in [1.29, 1.82) is 0 Å². The molecule has 0 heterocycles. The summed E-state index contributed by atoms with van der Waals surface area (Å²) in [5.41, 5.74) is 1.31. The molecular formula is C20H22FNO2. The molecule has 0 bridgehead atoms. The molecule has 0 unspecified atom stereocenters. The lowest BCUT2D eigenvalue weighted by molar-refractivity contribution is -0.123. The number of benzene rings is 2. The van der Waals surface area contributed by atoms with Crippen molar-refractivity contribution in [2.24, 2.45) is 0 Å². The quantitative estimate of drug-likeness (QED) is 0.875. The fraction of sp³-hybridized carbons (Fsp3) is 0.350. The minimum Gasteiger partial charge on any atom is -0.484 e. The van der Waals surface area contributed by atoms with Gasteiger partial charge in [0.1, 0.15) is 11.6 Å². The van der Waals surface area contributed by atoms with Gasteiger partial charge in [-0.15, -0.1) is 0 Å². The molecule has 0 atom stereocenters. The topological polar surface area (TPSA) is 38.3 Å². The van der Waals surface area contributed by atoms with Gasteiger partial charge in [-0.1, -0.05) is 49.2 Å². The highest BCUT2D eigenvalue weighted by Crippen LogP contribution is 2.40. The molecule has 0 spiro atoms. The van der Waals surface area contributed by atoms with Gasteiger partial charge in [-0.2, -0.15) is 0 Å². The molecule has 1 aliphatic rings. The Hall–Kier alpha value is -2.36. The standard InChI is InChI=1S/C20H22FNO2/c21-17-9-6-10-18(13-17)24-14-19(23)22-15-20(11-4-5-12-20)16-7-2-1-3-8-16/h1-3,6-10,13H,4-5,11-12,14-15H2,(H,22,23). The average Bonchev–Trinajstić information content (AvgIpc) is 3.09. The molecule has 0 radical (unpaired) electrons. The number of carbonyl (C=O) groups excluding carboxylic acids is 1. The first-order chi connectivity index (χ1) is 11.7. The lowest BCUT2D eigenvalue weighted by Gasteiger charge is -2.30. The predicted molar refractivity (Wildman–Crippen MR) is 91.5 cm³/mol. The molecule has 2 aromatic carbocycles. The fourth-order valence-corrected chi connectivity index (χ4v) is 3.44. The summed E-state index contributed by atoms with van der Waals surface area (Å²) in [6.45, 7) is 0.511. The fourth-order valence-electron chi connectivity index (χ4n) is 3.44. The third kappa shape index (κ3) is 3.94. The molecule has 1 saturated carbocycles. The van der Waals surface area contributed by atoms with Crippen LogP contribution in [0.1, 0.15) is 31.2 Å². The van der Waals surface area contributed by atoms with Gasteiger partial charge in [0.05, 0.1) is 0 Å². The molecule has 1 N–H and O–H groups in total. The average molecular weight is 327 g/mol. The minimum atomic E-state index is -0.373. The SMILES string of the molecule is O=C(COc1cccc(F)c1)NCC1(c2ccccc2)CCCC1. The Morgan fingerprint density at radius 1 is 1.08 bits per heavy atom. The number of halogens is 1. The van der Waals surface area contributed by atoms with Gasteiger partial charge in [-0.3, -0.25) is 4.79 Å². The molecule has 0 saturated heterocycles. The lowest BCUT2D eigenvalue weighted by Crippen LogP contribution is -2.40. The summed E-state index contributed by atoms with van der Waals surface area (Å²) in [5.74, 6) is -0.188. The molecule has 0 aromatic heterocycles. The number of hydrogen-bond donors (Lipinski definition) is 1. The maximum absolute atomic E-state index is 13.1. The van der Waals surface area contributed by atoms with Gasteiger partial charge in [-0.05, 0) is 30.5 Å². The summed E-state index contributed by atoms with van der Waals surface area (Å²) >= 11 is 0. The van der Waals surface area contributed by atoms with Crippen molar-refractivity contribution in [3.8, 4) is 5.75 Å². The van der Waals surface area contributed by atoms with E-state index in [2.05, 4.69) is 17.4 Å². The largest absolute Gasteiger partial charge is 0.484 e. The smallest absolute Gasteiger partial charge is 0.257 e. The molecule has 2 aromatic rings. The first-order valence-electron chi connectivity index (χ1n) is 8.39. The van der Waals surface area contributed by atoms with E-state index in [4.69, 9.17) is 4.74 Å². The van der Waals surface area contributed by atoms with E-state index in [1.807, 2.05) is 18.2 Å². The molecule has 126 valence electrons. The summed E-state index contributed by atoms with van der Waals surface area (Å²) in [4.78, 5) is 12.1. The van der Waals surface area contributed by atoms with Crippen LogP contribution in [0.4, 0.5) is 4.39 Å². The van der Waals surface area contributed by atoms with Crippen molar-refractivity contribution >= 4 is 5.91 Å². The van der Waals surface area contributed by atoms with Crippen LogP contribution in [0, 0.1) is 5.82 Å². The molecule has 3 rings (SSSR count). The summed E-state index contributed by atoms with van der Waals surface area (Å²) in [6.07, 6.45) is 4.54. The van der Waals surface area contributed by atoms with Crippen molar-refractivity contribution < 1.29 is 13.9 Å². The van der Waals surface area contributed by atoms with Crippen LogP contribution in [-0.2, 0) is 10.2 Å². The van der Waals surface area contributed by atoms with Crippen molar-refractivity contribution in [3.05, 3.63) is 66.0 Å². The Morgan fingerprint density at radius 3 is 2.54 bits per heavy atom. The molecule has 1 aliphatic carbocycles. The highest BCUT2D eigenvalue weighted by atomic mass is 19.1. The molecule has 1 fully saturated rings. The van der Waals surface area contributed by atoms with E-state index in [1.165, 1.54) is 30.5 Å². The second-order valence-electron chi connectivity index (χ2n) is 6.38. The van der Waals surface area contributed by atoms with Crippen molar-refractivity contribution in [2.45, 2.75) is 31.1 Å². The summed E-state index contributed by atoms with van der Waals surface area (Å²) < 4.78 is 18.5. The first kappa shape index (κ1) is 16.5. The molecule has 3 nitrogen and oxygen atoms in total. The Bertz CT molecular complexity index is 681. The molecule has 0 aliphatic heterocycles. The summed E-state index contributed by atoms with van der Waals surface area (Å²) in [7, 11) is 0. The maximum atomic E-state index is 13.1. The van der Waals surface area contributed by atoms with E-state index in [1.54, 1.807) is 12.1 Å². The van der Waals surface area contributed by atoms with Gasteiger partial charge in [-0.25, -0.2) is 4.39 Å². The zero-order valence-corrected chi connectivity index (χ0v) is 13.6. The Morgan fingerprint density at radius 2 is 1.83 bits per heavy atom. The van der Waals surface area contributed by atoms with Gasteiger partial charge < -0.3 is 10.1 Å². The molecule has 24 heavy (non-hydrogen) atoms. The normalized spacial score (nSPS) is 15.9. The van der Waals surface area contributed by atoms with Crippen LogP contribution >= 0.6 is 0 Å². The van der Waals surface area contributed by atoms with Gasteiger partial charge in [0.25, 0.3) is 5.91 Å². The summed E-state index contributed by atoms with van der Waals surface area (Å²) in [5, 5.41) is 2.99. The van der Waals surface area contributed by atoms with Crippen LogP contribution < -0.4 is 10.1 Å². The van der Waals surface area contributed by atoms with Crippen LogP contribution in [0.5, 0.6) is 5.75 Å². The van der Waals surface area contributed by atoms with Crippen molar-refractivity contribution in [1.82, 2.24) is 5.32 Å². The Kier molecular flexibility index (Phi) is 5.14. The van der Waals surface area contributed by atoms with E-state index in [0.717, 1.165) is 12.8 Å². The van der Waals surface area contributed by atoms with Crippen molar-refractivity contribution in [3.63, 3.8) is 0 Å². The van der Waals surface area contributed by atoms with E-state index in [-0.39, 0.29) is 23.7 Å². The number of ether oxygens (including phenoxy) is 1. The predicted octanol–water partition coefficient (Wildman–Crippen LogP) is 3.83. The number of rotatable bonds is 6. The summed E-state index contributed by atoms with van der Waals surface area (Å²) in [6, 6.07) is 16.2.